The zero-order chi connectivity index (χ0) is 18.9. The van der Waals surface area contributed by atoms with Crippen molar-refractivity contribution in [3.63, 3.8) is 0 Å². The molecule has 1 aromatic carbocycles. The molecule has 7 nitrogen and oxygen atoms in total. The number of benzene rings is 1. The molecule has 27 heavy (non-hydrogen) atoms. The lowest BCUT2D eigenvalue weighted by molar-refractivity contribution is -0.186. The van der Waals surface area contributed by atoms with Crippen LogP contribution in [-0.4, -0.2) is 39.2 Å². The largest absolute Gasteiger partial charge is 0.379 e. The average Bonchev–Trinajstić information content (AvgIpc) is 3.29. The lowest BCUT2D eigenvalue weighted by atomic mass is 9.91. The van der Waals surface area contributed by atoms with Gasteiger partial charge in [-0.05, 0) is 36.5 Å². The monoisotopic (exact) mass is 390 g/mol. The van der Waals surface area contributed by atoms with Crippen LogP contribution in [-0.2, 0) is 21.7 Å². The Bertz CT molecular complexity index is 815. The second kappa shape index (κ2) is 7.58. The SMILES string of the molecule is O=C(Cn1cc(C2(O)COC2)nn1)N[C@H](c1cccc(Cl)c1)C1CCCC1. The Morgan fingerprint density at radius 3 is 2.85 bits per heavy atom. The van der Waals surface area contributed by atoms with Crippen LogP contribution in [0.2, 0.25) is 5.02 Å². The van der Waals surface area contributed by atoms with Crippen LogP contribution < -0.4 is 5.32 Å². The first-order chi connectivity index (χ1) is 13.0. The highest BCUT2D eigenvalue weighted by atomic mass is 35.5. The Kier molecular flexibility index (Phi) is 5.16. The number of carbonyl (C=O) groups is 1. The summed E-state index contributed by atoms with van der Waals surface area (Å²) in [6, 6.07) is 7.62. The fourth-order valence-corrected chi connectivity index (χ4v) is 4.06. The summed E-state index contributed by atoms with van der Waals surface area (Å²) in [5.74, 6) is 0.270. The standard InChI is InChI=1S/C19H23ClN4O3/c20-15-7-3-6-14(8-15)18(13-4-1-2-5-13)21-17(25)10-24-9-16(22-23-24)19(26)11-27-12-19/h3,6-9,13,18,26H,1-2,4-5,10-12H2,(H,21,25)/t18-/m0/s1. The van der Waals surface area contributed by atoms with Gasteiger partial charge in [-0.25, -0.2) is 4.68 Å². The van der Waals surface area contributed by atoms with Gasteiger partial charge in [0.25, 0.3) is 0 Å². The smallest absolute Gasteiger partial charge is 0.242 e. The second-order valence-corrected chi connectivity index (χ2v) is 7.91. The molecule has 1 aliphatic carbocycles. The van der Waals surface area contributed by atoms with Crippen molar-refractivity contribution in [3.8, 4) is 0 Å². The average molecular weight is 391 g/mol. The Hall–Kier alpha value is -1.96. The van der Waals surface area contributed by atoms with Gasteiger partial charge in [0, 0.05) is 5.02 Å². The van der Waals surface area contributed by atoms with Gasteiger partial charge in [0.2, 0.25) is 5.91 Å². The third kappa shape index (κ3) is 4.00. The zero-order valence-electron chi connectivity index (χ0n) is 15.0. The Morgan fingerprint density at radius 1 is 1.41 bits per heavy atom. The van der Waals surface area contributed by atoms with Gasteiger partial charge in [-0.2, -0.15) is 0 Å². The molecule has 144 valence electrons. The molecule has 2 N–H and O–H groups in total. The summed E-state index contributed by atoms with van der Waals surface area (Å²) >= 11 is 6.16. The van der Waals surface area contributed by atoms with Gasteiger partial charge in [0.1, 0.15) is 12.2 Å². The van der Waals surface area contributed by atoms with Crippen molar-refractivity contribution in [3.05, 3.63) is 46.7 Å². The molecule has 2 aromatic rings. The molecule has 1 aromatic heterocycles. The molecular formula is C19H23ClN4O3. The molecule has 1 aliphatic heterocycles. The minimum Gasteiger partial charge on any atom is -0.379 e. The van der Waals surface area contributed by atoms with E-state index in [1.54, 1.807) is 6.20 Å². The number of aliphatic hydroxyl groups is 1. The molecule has 0 radical (unpaired) electrons. The molecule has 1 saturated heterocycles. The number of hydrogen-bond donors (Lipinski definition) is 2. The van der Waals surface area contributed by atoms with Gasteiger partial charge >= 0.3 is 0 Å². The van der Waals surface area contributed by atoms with E-state index in [1.807, 2.05) is 24.3 Å². The van der Waals surface area contributed by atoms with E-state index < -0.39 is 5.60 Å². The maximum absolute atomic E-state index is 12.7. The van der Waals surface area contributed by atoms with Crippen molar-refractivity contribution in [2.75, 3.05) is 13.2 Å². The lowest BCUT2D eigenvalue weighted by Gasteiger charge is -2.34. The van der Waals surface area contributed by atoms with Gasteiger partial charge in [0.05, 0.1) is 25.5 Å². The van der Waals surface area contributed by atoms with E-state index in [1.165, 1.54) is 17.5 Å². The van der Waals surface area contributed by atoms with E-state index in [9.17, 15) is 9.90 Å². The quantitative estimate of drug-likeness (QED) is 0.789. The lowest BCUT2D eigenvalue weighted by Crippen LogP contribution is -2.46. The molecular weight excluding hydrogens is 368 g/mol. The minimum absolute atomic E-state index is 0.0493. The van der Waals surface area contributed by atoms with Crippen molar-refractivity contribution < 1.29 is 14.6 Å². The number of carbonyl (C=O) groups excluding carboxylic acids is 1. The molecule has 4 rings (SSSR count). The molecule has 1 atom stereocenters. The van der Waals surface area contributed by atoms with Crippen LogP contribution in [0.25, 0.3) is 0 Å². The number of rotatable bonds is 6. The first kappa shape index (κ1) is 18.4. The van der Waals surface area contributed by atoms with Crippen molar-refractivity contribution in [1.29, 1.82) is 0 Å². The summed E-state index contributed by atoms with van der Waals surface area (Å²) in [5, 5.41) is 22.0. The van der Waals surface area contributed by atoms with Gasteiger partial charge in [-0.15, -0.1) is 5.10 Å². The van der Waals surface area contributed by atoms with E-state index in [2.05, 4.69) is 15.6 Å². The second-order valence-electron chi connectivity index (χ2n) is 7.47. The molecule has 8 heteroatoms. The predicted octanol–water partition coefficient (Wildman–Crippen LogP) is 2.20. The Morgan fingerprint density at radius 2 is 2.19 bits per heavy atom. The first-order valence-electron chi connectivity index (χ1n) is 9.29. The summed E-state index contributed by atoms with van der Waals surface area (Å²) in [5.41, 5.74) is 0.383. The first-order valence-corrected chi connectivity index (χ1v) is 9.67. The van der Waals surface area contributed by atoms with Crippen LogP contribution in [0, 0.1) is 5.92 Å². The summed E-state index contributed by atoms with van der Waals surface area (Å²) in [4.78, 5) is 12.7. The highest BCUT2D eigenvalue weighted by molar-refractivity contribution is 6.30. The van der Waals surface area contributed by atoms with Crippen LogP contribution in [0.5, 0.6) is 0 Å². The number of nitrogens with zero attached hydrogens (tertiary/aromatic N) is 3. The minimum atomic E-state index is -1.08. The third-order valence-electron chi connectivity index (χ3n) is 5.40. The molecule has 0 spiro atoms. The summed E-state index contributed by atoms with van der Waals surface area (Å²) < 4.78 is 6.48. The zero-order valence-corrected chi connectivity index (χ0v) is 15.7. The highest BCUT2D eigenvalue weighted by Gasteiger charge is 2.40. The number of aromatic nitrogens is 3. The number of nitrogens with one attached hydrogen (secondary N) is 1. The maximum atomic E-state index is 12.7. The summed E-state index contributed by atoms with van der Waals surface area (Å²) in [6.45, 7) is 0.459. The van der Waals surface area contributed by atoms with Crippen molar-refractivity contribution in [2.45, 2.75) is 43.9 Å². The van der Waals surface area contributed by atoms with E-state index in [0.717, 1.165) is 18.4 Å². The Labute approximate surface area is 162 Å². The van der Waals surface area contributed by atoms with Crippen molar-refractivity contribution in [2.24, 2.45) is 5.92 Å². The number of ether oxygens (including phenoxy) is 1. The van der Waals surface area contributed by atoms with Crippen LogP contribution in [0.1, 0.15) is 43.0 Å². The molecule has 0 unspecified atom stereocenters. The normalized spacial score (nSPS) is 20.2. The van der Waals surface area contributed by atoms with Crippen LogP contribution in [0.4, 0.5) is 0 Å². The number of hydrogen-bond acceptors (Lipinski definition) is 5. The van der Waals surface area contributed by atoms with Gasteiger partial charge in [-0.3, -0.25) is 4.79 Å². The van der Waals surface area contributed by atoms with E-state index in [0.29, 0.717) is 16.6 Å². The van der Waals surface area contributed by atoms with Crippen molar-refractivity contribution >= 4 is 17.5 Å². The highest BCUT2D eigenvalue weighted by Crippen LogP contribution is 2.36. The molecule has 1 amide bonds. The van der Waals surface area contributed by atoms with E-state index in [4.69, 9.17) is 16.3 Å². The summed E-state index contributed by atoms with van der Waals surface area (Å²) in [6.07, 6.45) is 6.16. The molecule has 0 bridgehead atoms. The van der Waals surface area contributed by atoms with Crippen LogP contribution >= 0.6 is 11.6 Å². The number of halogens is 1. The fraction of sp³-hybridized carbons (Fsp3) is 0.526. The third-order valence-corrected chi connectivity index (χ3v) is 5.63. The van der Waals surface area contributed by atoms with Gasteiger partial charge < -0.3 is 15.2 Å². The number of amides is 1. The topological polar surface area (TPSA) is 89.3 Å². The van der Waals surface area contributed by atoms with Gasteiger partial charge in [0.15, 0.2) is 5.60 Å². The predicted molar refractivity (Wildman–Crippen MR) is 99.0 cm³/mol. The maximum Gasteiger partial charge on any atom is 0.242 e. The van der Waals surface area contributed by atoms with Crippen LogP contribution in [0.3, 0.4) is 0 Å². The molecule has 1 saturated carbocycles. The van der Waals surface area contributed by atoms with E-state index >= 15 is 0 Å². The summed E-state index contributed by atoms with van der Waals surface area (Å²) in [7, 11) is 0. The van der Waals surface area contributed by atoms with Gasteiger partial charge in [-0.1, -0.05) is 41.8 Å². The fourth-order valence-electron chi connectivity index (χ4n) is 3.86. The van der Waals surface area contributed by atoms with E-state index in [-0.39, 0.29) is 31.7 Å². The van der Waals surface area contributed by atoms with Crippen molar-refractivity contribution in [1.82, 2.24) is 20.3 Å². The molecule has 2 heterocycles. The Balaban J connectivity index is 1.45. The molecule has 2 fully saturated rings. The van der Waals surface area contributed by atoms with Crippen LogP contribution in [0.15, 0.2) is 30.5 Å². The molecule has 2 aliphatic rings.